The van der Waals surface area contributed by atoms with Gasteiger partial charge in [-0.2, -0.15) is 0 Å². The van der Waals surface area contributed by atoms with E-state index in [1.165, 1.54) is 4.88 Å². The lowest BCUT2D eigenvalue weighted by molar-refractivity contribution is 0.251. The first kappa shape index (κ1) is 9.74. The van der Waals surface area contributed by atoms with Gasteiger partial charge < -0.3 is 10.1 Å². The van der Waals surface area contributed by atoms with Crippen molar-refractivity contribution in [1.82, 2.24) is 5.32 Å². The molecule has 1 aromatic rings. The first-order chi connectivity index (χ1) is 6.75. The van der Waals surface area contributed by atoms with Gasteiger partial charge in [-0.1, -0.05) is 6.07 Å². The number of rotatable bonds is 4. The molecule has 1 N–H and O–H groups in total. The molecule has 1 amide bonds. The first-order valence-electron chi connectivity index (χ1n) is 4.67. The van der Waals surface area contributed by atoms with E-state index < -0.39 is 0 Å². The number of hydrogen-bond donors (Lipinski definition) is 1. The number of carbonyl (C=O) groups is 1. The third-order valence-electron chi connectivity index (χ3n) is 2.20. The highest BCUT2D eigenvalue weighted by Crippen LogP contribution is 2.20. The summed E-state index contributed by atoms with van der Waals surface area (Å²) in [4.78, 5) is 12.2. The van der Waals surface area contributed by atoms with E-state index in [-0.39, 0.29) is 18.0 Å². The minimum atomic E-state index is 0.0158. The number of amides is 1. The Bertz CT molecular complexity index is 311. The first-order valence-corrected chi connectivity index (χ1v) is 5.55. The predicted octanol–water partition coefficient (Wildman–Crippen LogP) is 0.401. The van der Waals surface area contributed by atoms with Gasteiger partial charge in [-0.3, -0.25) is 4.79 Å². The lowest BCUT2D eigenvalue weighted by atomic mass is 10.1. The fourth-order valence-electron chi connectivity index (χ4n) is 1.47. The average Bonchev–Trinajstić information content (AvgIpc) is 2.85. The van der Waals surface area contributed by atoms with E-state index in [9.17, 15) is 4.79 Å². The van der Waals surface area contributed by atoms with Gasteiger partial charge in [-0.05, 0) is 11.4 Å². The molecule has 3 nitrogen and oxygen atoms in total. The van der Waals surface area contributed by atoms with Crippen molar-refractivity contribution >= 4 is 25.0 Å². The molecule has 1 aromatic heterocycles. The summed E-state index contributed by atoms with van der Waals surface area (Å²) >= 11 is 1.72. The molecule has 0 saturated carbocycles. The van der Waals surface area contributed by atoms with E-state index in [2.05, 4.69) is 11.4 Å². The summed E-state index contributed by atoms with van der Waals surface area (Å²) in [6.45, 7) is 0.774. The highest BCUT2D eigenvalue weighted by Gasteiger charge is 2.33. The Kier molecular flexibility index (Phi) is 2.89. The van der Waals surface area contributed by atoms with Crippen molar-refractivity contribution in [2.75, 3.05) is 6.61 Å². The Balaban J connectivity index is 1.93. The zero-order chi connectivity index (χ0) is 9.97. The Labute approximate surface area is 87.9 Å². The van der Waals surface area contributed by atoms with Crippen LogP contribution in [0.1, 0.15) is 4.88 Å². The average molecular weight is 209 g/mol. The third-order valence-corrected chi connectivity index (χ3v) is 3.10. The Hall–Kier alpha value is -0.805. The molecule has 0 aliphatic carbocycles. The fourth-order valence-corrected chi connectivity index (χ4v) is 2.23. The molecule has 0 radical (unpaired) electrons. The number of carbonyl (C=O) groups excluding carboxylic acids is 1. The van der Waals surface area contributed by atoms with Crippen LogP contribution in [0.4, 0.5) is 4.79 Å². The standard InChI is InChI=1S/C9H12BNO2S/c10-9(12)11-7(8-5-13-8)4-6-2-1-3-14-6/h1-3,7-8H,4-5,10H2,(H,11,12)/t7-,8+/m1/s1. The number of hydrogen-bond acceptors (Lipinski definition) is 3. The number of nitrogens with one attached hydrogen (secondary N) is 1. The minimum Gasteiger partial charge on any atom is -0.371 e. The summed E-state index contributed by atoms with van der Waals surface area (Å²) in [6, 6.07) is 4.26. The molecule has 0 unspecified atom stereocenters. The Morgan fingerprint density at radius 2 is 2.64 bits per heavy atom. The highest BCUT2D eigenvalue weighted by molar-refractivity contribution is 7.09. The van der Waals surface area contributed by atoms with Crippen LogP contribution < -0.4 is 5.32 Å². The van der Waals surface area contributed by atoms with E-state index in [0.29, 0.717) is 0 Å². The summed E-state index contributed by atoms with van der Waals surface area (Å²) < 4.78 is 5.21. The van der Waals surface area contributed by atoms with Crippen LogP contribution in [0.5, 0.6) is 0 Å². The summed E-state index contributed by atoms with van der Waals surface area (Å²) in [7, 11) is 1.55. The Morgan fingerprint density at radius 1 is 1.86 bits per heavy atom. The van der Waals surface area contributed by atoms with Gasteiger partial charge >= 0.3 is 0 Å². The summed E-state index contributed by atoms with van der Waals surface area (Å²) in [5, 5.41) is 4.97. The lowest BCUT2D eigenvalue weighted by Gasteiger charge is -2.14. The van der Waals surface area contributed by atoms with E-state index >= 15 is 0 Å². The van der Waals surface area contributed by atoms with Crippen LogP contribution in [-0.2, 0) is 11.2 Å². The maximum absolute atomic E-state index is 11.0. The molecule has 1 aliphatic rings. The van der Waals surface area contributed by atoms with E-state index in [4.69, 9.17) is 4.74 Å². The quantitative estimate of drug-likeness (QED) is 0.576. The van der Waals surface area contributed by atoms with Gasteiger partial charge in [0.25, 0.3) is 0 Å². The van der Waals surface area contributed by atoms with Crippen molar-refractivity contribution in [1.29, 1.82) is 0 Å². The second kappa shape index (κ2) is 4.15. The van der Waals surface area contributed by atoms with E-state index in [1.807, 2.05) is 11.4 Å². The summed E-state index contributed by atoms with van der Waals surface area (Å²) in [5.41, 5.74) is 0. The van der Waals surface area contributed by atoms with Crippen molar-refractivity contribution < 1.29 is 9.53 Å². The number of epoxide rings is 1. The molecule has 74 valence electrons. The van der Waals surface area contributed by atoms with Crippen LogP contribution in [0.15, 0.2) is 17.5 Å². The fraction of sp³-hybridized carbons (Fsp3) is 0.444. The van der Waals surface area contributed by atoms with Gasteiger partial charge in [0, 0.05) is 11.3 Å². The van der Waals surface area contributed by atoms with Crippen molar-refractivity contribution in [3.63, 3.8) is 0 Å². The Morgan fingerprint density at radius 3 is 3.14 bits per heavy atom. The summed E-state index contributed by atoms with van der Waals surface area (Å²) in [6.07, 6.45) is 1.10. The smallest absolute Gasteiger partial charge is 0.215 e. The van der Waals surface area contributed by atoms with Gasteiger partial charge in [0.1, 0.15) is 6.10 Å². The third kappa shape index (κ3) is 2.59. The van der Waals surface area contributed by atoms with Crippen LogP contribution in [0.3, 0.4) is 0 Å². The molecule has 2 heterocycles. The van der Waals surface area contributed by atoms with Crippen LogP contribution in [-0.4, -0.2) is 32.4 Å². The zero-order valence-electron chi connectivity index (χ0n) is 8.03. The van der Waals surface area contributed by atoms with Gasteiger partial charge in [-0.15, -0.1) is 11.3 Å². The highest BCUT2D eigenvalue weighted by atomic mass is 32.1. The van der Waals surface area contributed by atoms with Crippen molar-refractivity contribution in [2.24, 2.45) is 0 Å². The van der Waals surface area contributed by atoms with Gasteiger partial charge in [0.05, 0.1) is 12.6 Å². The maximum Gasteiger partial charge on any atom is 0.215 e. The normalized spacial score (nSPS) is 21.6. The second-order valence-electron chi connectivity index (χ2n) is 3.46. The molecule has 1 aliphatic heterocycles. The second-order valence-corrected chi connectivity index (χ2v) is 4.49. The van der Waals surface area contributed by atoms with Gasteiger partial charge in [-0.25, -0.2) is 0 Å². The van der Waals surface area contributed by atoms with Crippen LogP contribution >= 0.6 is 11.3 Å². The molecule has 14 heavy (non-hydrogen) atoms. The monoisotopic (exact) mass is 209 g/mol. The molecule has 0 bridgehead atoms. The lowest BCUT2D eigenvalue weighted by Crippen LogP contribution is -2.39. The molecule has 1 saturated heterocycles. The van der Waals surface area contributed by atoms with Crippen LogP contribution in [0, 0.1) is 0 Å². The SMILES string of the molecule is BC(=O)N[C@H](Cc1cccs1)[C@@H]1CO1. The molecule has 2 rings (SSSR count). The predicted molar refractivity (Wildman–Crippen MR) is 58.6 cm³/mol. The molecule has 0 spiro atoms. The van der Waals surface area contributed by atoms with Crippen molar-refractivity contribution in [2.45, 2.75) is 18.6 Å². The molecular weight excluding hydrogens is 197 g/mol. The molecule has 0 aromatic carbocycles. The molecule has 5 heteroatoms. The largest absolute Gasteiger partial charge is 0.371 e. The van der Waals surface area contributed by atoms with Crippen molar-refractivity contribution in [3.8, 4) is 0 Å². The number of ether oxygens (including phenoxy) is 1. The van der Waals surface area contributed by atoms with Crippen molar-refractivity contribution in [3.05, 3.63) is 22.4 Å². The summed E-state index contributed by atoms with van der Waals surface area (Å²) in [5.74, 6) is 0.0158. The molecule has 2 atom stereocenters. The molecular formula is C9H12BNO2S. The van der Waals surface area contributed by atoms with Crippen LogP contribution in [0.25, 0.3) is 0 Å². The van der Waals surface area contributed by atoms with Crippen LogP contribution in [0.2, 0.25) is 0 Å². The van der Waals surface area contributed by atoms with E-state index in [0.717, 1.165) is 13.0 Å². The molecule has 1 fully saturated rings. The number of thiophene rings is 1. The van der Waals surface area contributed by atoms with Gasteiger partial charge in [0.2, 0.25) is 7.85 Å². The minimum absolute atomic E-state index is 0.0158. The van der Waals surface area contributed by atoms with Gasteiger partial charge in [0.15, 0.2) is 5.81 Å². The topological polar surface area (TPSA) is 41.6 Å². The maximum atomic E-state index is 11.0. The van der Waals surface area contributed by atoms with E-state index in [1.54, 1.807) is 19.2 Å². The zero-order valence-corrected chi connectivity index (χ0v) is 8.84.